The molecule has 0 saturated heterocycles. The molecule has 4 nitrogen and oxygen atoms in total. The van der Waals surface area contributed by atoms with Crippen molar-refractivity contribution in [2.24, 2.45) is 0 Å². The highest BCUT2D eigenvalue weighted by molar-refractivity contribution is 5.76. The van der Waals surface area contributed by atoms with Gasteiger partial charge in [0, 0.05) is 12.6 Å². The van der Waals surface area contributed by atoms with Gasteiger partial charge < -0.3 is 0 Å². The van der Waals surface area contributed by atoms with Crippen molar-refractivity contribution >= 4 is 11.6 Å². The Morgan fingerprint density at radius 1 is 1.35 bits per heavy atom. The molecule has 0 aliphatic heterocycles. The predicted molar refractivity (Wildman–Crippen MR) is 68.7 cm³/mol. The van der Waals surface area contributed by atoms with Gasteiger partial charge in [-0.3, -0.25) is 20.6 Å². The normalized spacial score (nSPS) is 9.71. The number of nitrogens with zero attached hydrogens (tertiary/aromatic N) is 1. The third-order valence-corrected chi connectivity index (χ3v) is 2.33. The minimum atomic E-state index is -0.0180. The molecule has 4 heteroatoms. The van der Waals surface area contributed by atoms with E-state index in [-0.39, 0.29) is 5.91 Å². The molecule has 92 valence electrons. The van der Waals surface area contributed by atoms with Gasteiger partial charge in [-0.15, -0.1) is 0 Å². The molecular formula is C13H19N3O. The van der Waals surface area contributed by atoms with Crippen molar-refractivity contribution in [1.29, 1.82) is 0 Å². The molecule has 2 N–H and O–H groups in total. The summed E-state index contributed by atoms with van der Waals surface area (Å²) in [6.45, 7) is 5.92. The highest BCUT2D eigenvalue weighted by Gasteiger charge is 2.02. The highest BCUT2D eigenvalue weighted by Crippen LogP contribution is 2.03. The second kappa shape index (κ2) is 7.44. The van der Waals surface area contributed by atoms with Crippen LogP contribution in [0, 0.1) is 0 Å². The number of rotatable bonds is 7. The number of hydrazine groups is 1. The second-order valence-corrected chi connectivity index (χ2v) is 3.82. The fraction of sp³-hybridized carbons (Fsp3) is 0.385. The van der Waals surface area contributed by atoms with E-state index in [1.807, 2.05) is 18.2 Å². The number of carbonyl (C=O) groups excluding carboxylic acids is 1. The van der Waals surface area contributed by atoms with E-state index in [4.69, 9.17) is 0 Å². The molecule has 0 spiro atoms. The van der Waals surface area contributed by atoms with Crippen LogP contribution in [0.3, 0.4) is 0 Å². The monoisotopic (exact) mass is 233 g/mol. The first-order chi connectivity index (χ1) is 8.24. The maximum absolute atomic E-state index is 11.4. The summed E-state index contributed by atoms with van der Waals surface area (Å²) in [5.74, 6) is -0.0180. The summed E-state index contributed by atoms with van der Waals surface area (Å²) in [6.07, 6.45) is 5.33. The summed E-state index contributed by atoms with van der Waals surface area (Å²) in [4.78, 5) is 15.5. The average Bonchev–Trinajstić information content (AvgIpc) is 2.37. The van der Waals surface area contributed by atoms with Gasteiger partial charge in [0.05, 0.1) is 11.4 Å². The van der Waals surface area contributed by atoms with Crippen LogP contribution in [-0.2, 0) is 4.79 Å². The molecule has 0 aromatic carbocycles. The Hall–Kier alpha value is -1.84. The van der Waals surface area contributed by atoms with Crippen LogP contribution >= 0.6 is 0 Å². The number of amides is 1. The van der Waals surface area contributed by atoms with Crippen molar-refractivity contribution in [3.8, 4) is 0 Å². The first-order valence-electron chi connectivity index (χ1n) is 5.89. The Balaban J connectivity index is 2.26. The van der Waals surface area contributed by atoms with Crippen LogP contribution in [-0.4, -0.2) is 10.9 Å². The topological polar surface area (TPSA) is 54.0 Å². The summed E-state index contributed by atoms with van der Waals surface area (Å²) in [7, 11) is 0. The smallest absolute Gasteiger partial charge is 0.238 e. The molecule has 0 saturated carbocycles. The maximum atomic E-state index is 11.4. The third kappa shape index (κ3) is 5.15. The van der Waals surface area contributed by atoms with E-state index < -0.39 is 0 Å². The third-order valence-electron chi connectivity index (χ3n) is 2.33. The van der Waals surface area contributed by atoms with E-state index in [9.17, 15) is 4.79 Å². The van der Waals surface area contributed by atoms with Crippen LogP contribution in [0.1, 0.15) is 38.3 Å². The number of carbonyl (C=O) groups is 1. The molecule has 0 aliphatic carbocycles. The van der Waals surface area contributed by atoms with E-state index in [2.05, 4.69) is 29.3 Å². The van der Waals surface area contributed by atoms with Crippen molar-refractivity contribution in [3.05, 3.63) is 36.7 Å². The lowest BCUT2D eigenvalue weighted by atomic mass is 10.2. The second-order valence-electron chi connectivity index (χ2n) is 3.82. The van der Waals surface area contributed by atoms with E-state index in [1.165, 1.54) is 0 Å². The molecule has 0 bridgehead atoms. The van der Waals surface area contributed by atoms with Gasteiger partial charge in [0.15, 0.2) is 0 Å². The van der Waals surface area contributed by atoms with E-state index in [1.54, 1.807) is 6.20 Å². The standard InChI is InChI=1S/C13H19N3O/c1-3-4-5-9-13(17)16-15-11(2)12-8-6-7-10-14-12/h6-8,10,15H,2-5,9H2,1H3,(H,16,17). The predicted octanol–water partition coefficient (Wildman–Crippen LogP) is 2.25. The molecule has 1 aromatic rings. The van der Waals surface area contributed by atoms with Gasteiger partial charge in [-0.25, -0.2) is 0 Å². The Kier molecular flexibility index (Phi) is 5.79. The van der Waals surface area contributed by atoms with Crippen LogP contribution in [0.5, 0.6) is 0 Å². The lowest BCUT2D eigenvalue weighted by Gasteiger charge is -2.10. The summed E-state index contributed by atoms with van der Waals surface area (Å²) in [6, 6.07) is 5.54. The van der Waals surface area contributed by atoms with E-state index in [0.717, 1.165) is 25.0 Å². The van der Waals surface area contributed by atoms with Crippen molar-refractivity contribution < 1.29 is 4.79 Å². The Morgan fingerprint density at radius 2 is 2.18 bits per heavy atom. The summed E-state index contributed by atoms with van der Waals surface area (Å²) in [5, 5.41) is 0. The van der Waals surface area contributed by atoms with Crippen LogP contribution in [0.2, 0.25) is 0 Å². The summed E-state index contributed by atoms with van der Waals surface area (Å²) in [5.41, 5.74) is 6.70. The highest BCUT2D eigenvalue weighted by atomic mass is 16.2. The number of unbranched alkanes of at least 4 members (excludes halogenated alkanes) is 2. The minimum absolute atomic E-state index is 0.0180. The number of nitrogens with one attached hydrogen (secondary N) is 2. The van der Waals surface area contributed by atoms with Gasteiger partial charge in [-0.2, -0.15) is 0 Å². The van der Waals surface area contributed by atoms with Gasteiger partial charge in [-0.1, -0.05) is 32.4 Å². The zero-order chi connectivity index (χ0) is 12.5. The molecule has 0 fully saturated rings. The molecule has 1 heterocycles. The molecule has 1 rings (SSSR count). The van der Waals surface area contributed by atoms with Crippen LogP contribution < -0.4 is 10.9 Å². The molecule has 17 heavy (non-hydrogen) atoms. The zero-order valence-electron chi connectivity index (χ0n) is 10.2. The first kappa shape index (κ1) is 13.2. The average molecular weight is 233 g/mol. The van der Waals surface area contributed by atoms with Gasteiger partial charge >= 0.3 is 0 Å². The quantitative estimate of drug-likeness (QED) is 0.561. The van der Waals surface area contributed by atoms with Crippen molar-refractivity contribution in [3.63, 3.8) is 0 Å². The summed E-state index contributed by atoms with van der Waals surface area (Å²) >= 11 is 0. The Morgan fingerprint density at radius 3 is 2.82 bits per heavy atom. The van der Waals surface area contributed by atoms with Crippen molar-refractivity contribution in [2.45, 2.75) is 32.6 Å². The van der Waals surface area contributed by atoms with Crippen molar-refractivity contribution in [2.75, 3.05) is 0 Å². The van der Waals surface area contributed by atoms with Crippen LogP contribution in [0.25, 0.3) is 5.70 Å². The molecule has 0 unspecified atom stereocenters. The van der Waals surface area contributed by atoms with Crippen LogP contribution in [0.4, 0.5) is 0 Å². The van der Waals surface area contributed by atoms with Gasteiger partial charge in [0.2, 0.25) is 5.91 Å². The van der Waals surface area contributed by atoms with E-state index >= 15 is 0 Å². The molecular weight excluding hydrogens is 214 g/mol. The molecule has 0 aliphatic rings. The fourth-order valence-corrected chi connectivity index (χ4v) is 1.35. The molecule has 0 atom stereocenters. The Bertz CT molecular complexity index is 362. The lowest BCUT2D eigenvalue weighted by Crippen LogP contribution is -2.35. The number of hydrogen-bond acceptors (Lipinski definition) is 3. The molecule has 1 amide bonds. The fourth-order valence-electron chi connectivity index (χ4n) is 1.35. The minimum Gasteiger partial charge on any atom is -0.297 e. The van der Waals surface area contributed by atoms with E-state index in [0.29, 0.717) is 12.1 Å². The molecule has 0 radical (unpaired) electrons. The maximum Gasteiger partial charge on any atom is 0.238 e. The largest absolute Gasteiger partial charge is 0.297 e. The lowest BCUT2D eigenvalue weighted by molar-refractivity contribution is -0.121. The Labute approximate surface area is 102 Å². The van der Waals surface area contributed by atoms with Crippen LogP contribution in [0.15, 0.2) is 31.0 Å². The van der Waals surface area contributed by atoms with Gasteiger partial charge in [0.1, 0.15) is 0 Å². The number of pyridine rings is 1. The SMILES string of the molecule is C=C(NNC(=O)CCCCC)c1ccccn1. The first-order valence-corrected chi connectivity index (χ1v) is 5.89. The van der Waals surface area contributed by atoms with Crippen molar-refractivity contribution in [1.82, 2.24) is 15.8 Å². The number of hydrogen-bond donors (Lipinski definition) is 2. The van der Waals surface area contributed by atoms with Gasteiger partial charge in [0.25, 0.3) is 0 Å². The summed E-state index contributed by atoms with van der Waals surface area (Å²) < 4.78 is 0. The number of aromatic nitrogens is 1. The van der Waals surface area contributed by atoms with Gasteiger partial charge in [-0.05, 0) is 18.6 Å². The zero-order valence-corrected chi connectivity index (χ0v) is 10.2. The molecule has 1 aromatic heterocycles.